The molecule has 0 aliphatic carbocycles. The third-order valence-electron chi connectivity index (χ3n) is 3.88. The van der Waals surface area contributed by atoms with E-state index >= 15 is 0 Å². The average Bonchev–Trinajstić information content (AvgIpc) is 3.01. The molecule has 0 saturated heterocycles. The monoisotopic (exact) mass is 287 g/mol. The smallest absolute Gasteiger partial charge is 0.293 e. The summed E-state index contributed by atoms with van der Waals surface area (Å²) in [7, 11) is 0. The highest BCUT2D eigenvalue weighted by Crippen LogP contribution is 2.34. The molecule has 6 heteroatoms. The summed E-state index contributed by atoms with van der Waals surface area (Å²) in [6.07, 6.45) is 1.34. The van der Waals surface area contributed by atoms with Crippen LogP contribution in [0.25, 0.3) is 11.0 Å². The highest BCUT2D eigenvalue weighted by molar-refractivity contribution is 6.09. The standard InChI is InChI=1S/C15H17N3O3/c1-3-12-13(8(2)19)14(20)15(21)18(12)9-4-5-10-11(6-9)17-7-16-10/h4-8,12,19-20H,3H2,1-2H3,(H,16,17). The first-order chi connectivity index (χ1) is 10.0. The molecule has 0 bridgehead atoms. The maximum Gasteiger partial charge on any atom is 0.293 e. The molecule has 3 rings (SSSR count). The van der Waals surface area contributed by atoms with Gasteiger partial charge in [0.1, 0.15) is 0 Å². The van der Waals surface area contributed by atoms with Gasteiger partial charge in [0.15, 0.2) is 5.76 Å². The van der Waals surface area contributed by atoms with Crippen molar-refractivity contribution in [2.24, 2.45) is 0 Å². The Bertz CT molecular complexity index is 733. The Balaban J connectivity index is 2.07. The summed E-state index contributed by atoms with van der Waals surface area (Å²) in [6, 6.07) is 5.10. The predicted octanol–water partition coefficient (Wildman–Crippen LogP) is 1.88. The normalized spacial score (nSPS) is 20.6. The number of anilines is 1. The molecule has 1 aliphatic heterocycles. The second-order valence-electron chi connectivity index (χ2n) is 5.18. The van der Waals surface area contributed by atoms with E-state index in [0.717, 1.165) is 11.0 Å². The molecule has 2 atom stereocenters. The van der Waals surface area contributed by atoms with E-state index in [1.165, 1.54) is 4.90 Å². The summed E-state index contributed by atoms with van der Waals surface area (Å²) in [5.74, 6) is -0.821. The van der Waals surface area contributed by atoms with Gasteiger partial charge in [-0.15, -0.1) is 0 Å². The van der Waals surface area contributed by atoms with Crippen molar-refractivity contribution in [1.29, 1.82) is 0 Å². The quantitative estimate of drug-likeness (QED) is 0.804. The highest BCUT2D eigenvalue weighted by Gasteiger charge is 2.41. The molecule has 0 radical (unpaired) electrons. The zero-order valence-corrected chi connectivity index (χ0v) is 11.9. The lowest BCUT2D eigenvalue weighted by Gasteiger charge is -2.26. The van der Waals surface area contributed by atoms with E-state index in [-0.39, 0.29) is 11.8 Å². The number of imidazole rings is 1. The Morgan fingerprint density at radius 2 is 2.24 bits per heavy atom. The van der Waals surface area contributed by atoms with Gasteiger partial charge in [0.25, 0.3) is 5.91 Å². The SMILES string of the molecule is CCC1C(C(C)O)=C(O)C(=O)N1c1ccc2nc[nH]c2c1. The van der Waals surface area contributed by atoms with Crippen molar-refractivity contribution in [2.75, 3.05) is 4.90 Å². The number of rotatable bonds is 3. The average molecular weight is 287 g/mol. The molecule has 1 aromatic heterocycles. The van der Waals surface area contributed by atoms with E-state index in [1.54, 1.807) is 19.3 Å². The number of carbonyl (C=O) groups is 1. The van der Waals surface area contributed by atoms with Gasteiger partial charge in [-0.2, -0.15) is 0 Å². The maximum atomic E-state index is 12.3. The molecule has 1 amide bonds. The van der Waals surface area contributed by atoms with Gasteiger partial charge in [-0.1, -0.05) is 6.92 Å². The lowest BCUT2D eigenvalue weighted by Crippen LogP contribution is -2.36. The number of aliphatic hydroxyl groups excluding tert-OH is 2. The summed E-state index contributed by atoms with van der Waals surface area (Å²) in [5, 5.41) is 19.9. The van der Waals surface area contributed by atoms with Gasteiger partial charge in [0, 0.05) is 11.3 Å². The Hall–Kier alpha value is -2.34. The molecule has 0 saturated carbocycles. The van der Waals surface area contributed by atoms with Gasteiger partial charge < -0.3 is 15.2 Å². The number of fused-ring (bicyclic) bond motifs is 1. The van der Waals surface area contributed by atoms with E-state index < -0.39 is 12.0 Å². The number of aliphatic hydroxyl groups is 2. The van der Waals surface area contributed by atoms with E-state index in [1.807, 2.05) is 19.1 Å². The van der Waals surface area contributed by atoms with Crippen LogP contribution in [0, 0.1) is 0 Å². The minimum absolute atomic E-state index is 0.335. The zero-order chi connectivity index (χ0) is 15.1. The number of nitrogens with zero attached hydrogens (tertiary/aromatic N) is 2. The molecule has 2 aromatic rings. The van der Waals surface area contributed by atoms with Crippen LogP contribution in [-0.4, -0.2) is 38.2 Å². The van der Waals surface area contributed by atoms with Crippen molar-refractivity contribution < 1.29 is 15.0 Å². The number of amides is 1. The van der Waals surface area contributed by atoms with Crippen LogP contribution in [0.1, 0.15) is 20.3 Å². The van der Waals surface area contributed by atoms with Crippen LogP contribution in [0.2, 0.25) is 0 Å². The van der Waals surface area contributed by atoms with E-state index in [2.05, 4.69) is 9.97 Å². The first-order valence-electron chi connectivity index (χ1n) is 6.92. The number of nitrogens with one attached hydrogen (secondary N) is 1. The molecule has 3 N–H and O–H groups in total. The van der Waals surface area contributed by atoms with Gasteiger partial charge in [-0.25, -0.2) is 4.98 Å². The third-order valence-corrected chi connectivity index (χ3v) is 3.88. The van der Waals surface area contributed by atoms with E-state index in [0.29, 0.717) is 17.7 Å². The molecule has 110 valence electrons. The van der Waals surface area contributed by atoms with Crippen LogP contribution >= 0.6 is 0 Å². The minimum atomic E-state index is -0.861. The molecule has 6 nitrogen and oxygen atoms in total. The van der Waals surface area contributed by atoms with Gasteiger partial charge in [-0.05, 0) is 31.5 Å². The minimum Gasteiger partial charge on any atom is -0.503 e. The van der Waals surface area contributed by atoms with Crippen LogP contribution in [0.5, 0.6) is 0 Å². The molecule has 1 aromatic carbocycles. The van der Waals surface area contributed by atoms with Gasteiger partial charge in [0.05, 0.1) is 29.5 Å². The second-order valence-corrected chi connectivity index (χ2v) is 5.18. The van der Waals surface area contributed by atoms with Crippen LogP contribution in [0.3, 0.4) is 0 Å². The van der Waals surface area contributed by atoms with Crippen molar-refractivity contribution in [2.45, 2.75) is 32.4 Å². The van der Waals surface area contributed by atoms with Crippen molar-refractivity contribution in [1.82, 2.24) is 9.97 Å². The van der Waals surface area contributed by atoms with Gasteiger partial charge in [0.2, 0.25) is 0 Å². The summed E-state index contributed by atoms with van der Waals surface area (Å²) >= 11 is 0. The molecule has 21 heavy (non-hydrogen) atoms. The predicted molar refractivity (Wildman–Crippen MR) is 79.0 cm³/mol. The van der Waals surface area contributed by atoms with Gasteiger partial charge in [-0.3, -0.25) is 9.69 Å². The molecular weight excluding hydrogens is 270 g/mol. The van der Waals surface area contributed by atoms with E-state index in [9.17, 15) is 15.0 Å². The van der Waals surface area contributed by atoms with E-state index in [4.69, 9.17) is 0 Å². The van der Waals surface area contributed by atoms with Crippen LogP contribution in [0.4, 0.5) is 5.69 Å². The van der Waals surface area contributed by atoms with Gasteiger partial charge >= 0.3 is 0 Å². The summed E-state index contributed by atoms with van der Waals surface area (Å²) in [5.41, 5.74) is 2.68. The summed E-state index contributed by atoms with van der Waals surface area (Å²) in [4.78, 5) is 21.0. The fourth-order valence-corrected chi connectivity index (χ4v) is 2.93. The number of aromatic nitrogens is 2. The van der Waals surface area contributed by atoms with Crippen molar-refractivity contribution in [3.05, 3.63) is 35.9 Å². The number of benzene rings is 1. The third kappa shape index (κ3) is 1.99. The zero-order valence-electron chi connectivity index (χ0n) is 11.9. The largest absolute Gasteiger partial charge is 0.503 e. The Labute approximate surface area is 121 Å². The first kappa shape index (κ1) is 13.6. The second kappa shape index (κ2) is 4.89. The summed E-state index contributed by atoms with van der Waals surface area (Å²) < 4.78 is 0. The number of H-pyrrole nitrogens is 1. The Kier molecular flexibility index (Phi) is 3.17. The number of aromatic amines is 1. The Morgan fingerprint density at radius 3 is 2.90 bits per heavy atom. The molecule has 0 fully saturated rings. The lowest BCUT2D eigenvalue weighted by atomic mass is 10.0. The first-order valence-corrected chi connectivity index (χ1v) is 6.92. The number of hydrogen-bond donors (Lipinski definition) is 3. The fraction of sp³-hybridized carbons (Fsp3) is 0.333. The fourth-order valence-electron chi connectivity index (χ4n) is 2.93. The summed E-state index contributed by atoms with van der Waals surface area (Å²) in [6.45, 7) is 3.48. The topological polar surface area (TPSA) is 89.4 Å². The number of carbonyl (C=O) groups excluding carboxylic acids is 1. The van der Waals surface area contributed by atoms with Crippen LogP contribution in [-0.2, 0) is 4.79 Å². The van der Waals surface area contributed by atoms with Crippen molar-refractivity contribution in [3.63, 3.8) is 0 Å². The highest BCUT2D eigenvalue weighted by atomic mass is 16.3. The Morgan fingerprint density at radius 1 is 1.48 bits per heavy atom. The van der Waals surface area contributed by atoms with Crippen LogP contribution < -0.4 is 4.90 Å². The molecule has 1 aliphatic rings. The lowest BCUT2D eigenvalue weighted by molar-refractivity contribution is -0.117. The van der Waals surface area contributed by atoms with Crippen molar-refractivity contribution >= 4 is 22.6 Å². The molecule has 0 spiro atoms. The number of hydrogen-bond acceptors (Lipinski definition) is 4. The molecule has 2 heterocycles. The van der Waals surface area contributed by atoms with Crippen molar-refractivity contribution in [3.8, 4) is 0 Å². The maximum absolute atomic E-state index is 12.3. The molecular formula is C15H17N3O3. The van der Waals surface area contributed by atoms with Crippen LogP contribution in [0.15, 0.2) is 35.9 Å². The molecule has 2 unspecified atom stereocenters.